The molecule has 3 N–H and O–H groups in total. The van der Waals surface area contributed by atoms with Gasteiger partial charge < -0.3 is 15.3 Å². The van der Waals surface area contributed by atoms with Crippen molar-refractivity contribution in [2.45, 2.75) is 6.42 Å². The highest BCUT2D eigenvalue weighted by Gasteiger charge is 2.22. The number of nitro benzene ring substituents is 1. The number of aliphatic carboxylic acids is 1. The highest BCUT2D eigenvalue weighted by atomic mass is 16.6. The molecule has 0 aliphatic carbocycles. The second-order valence-corrected chi connectivity index (χ2v) is 3.11. The van der Waals surface area contributed by atoms with Crippen LogP contribution in [0.2, 0.25) is 0 Å². The maximum Gasteiger partial charge on any atom is 0.315 e. The summed E-state index contributed by atoms with van der Waals surface area (Å²) in [5.41, 5.74) is -1.21. The number of ketones is 1. The molecule has 0 atom stereocenters. The standard InChI is InChI=1S/C9H7NO7/c11-6(3-8(13)14)4-1-5(10(16)17)9(15)7(12)2-4/h1-2,12,15H,3H2,(H,13,14). The van der Waals surface area contributed by atoms with E-state index in [9.17, 15) is 19.7 Å². The van der Waals surface area contributed by atoms with Crippen LogP contribution in [0, 0.1) is 10.1 Å². The molecular formula is C9H7NO7. The Morgan fingerprint density at radius 3 is 2.35 bits per heavy atom. The normalized spacial score (nSPS) is 9.88. The number of carboxylic acid groups (broad SMARTS) is 1. The molecule has 1 aromatic rings. The highest BCUT2D eigenvalue weighted by molar-refractivity contribution is 6.06. The van der Waals surface area contributed by atoms with E-state index in [0.717, 1.165) is 6.07 Å². The second-order valence-electron chi connectivity index (χ2n) is 3.11. The van der Waals surface area contributed by atoms with Crippen LogP contribution in [-0.4, -0.2) is 32.0 Å². The molecule has 0 fully saturated rings. The molecule has 8 heteroatoms. The number of nitro groups is 1. The van der Waals surface area contributed by atoms with E-state index >= 15 is 0 Å². The van der Waals surface area contributed by atoms with Gasteiger partial charge in [-0.3, -0.25) is 19.7 Å². The van der Waals surface area contributed by atoms with Crippen LogP contribution in [-0.2, 0) is 4.79 Å². The molecule has 0 bridgehead atoms. The molecule has 90 valence electrons. The van der Waals surface area contributed by atoms with Crippen molar-refractivity contribution < 1.29 is 29.8 Å². The van der Waals surface area contributed by atoms with Crippen LogP contribution in [0.4, 0.5) is 5.69 Å². The van der Waals surface area contributed by atoms with Gasteiger partial charge in [-0.1, -0.05) is 0 Å². The molecule has 0 radical (unpaired) electrons. The number of nitrogens with zero attached hydrogens (tertiary/aromatic N) is 1. The molecule has 0 aliphatic rings. The smallest absolute Gasteiger partial charge is 0.315 e. The minimum absolute atomic E-state index is 0.352. The number of hydrogen-bond donors (Lipinski definition) is 3. The van der Waals surface area contributed by atoms with E-state index in [-0.39, 0.29) is 5.56 Å². The average molecular weight is 241 g/mol. The van der Waals surface area contributed by atoms with Crippen LogP contribution in [0.25, 0.3) is 0 Å². The zero-order chi connectivity index (χ0) is 13.2. The first-order chi connectivity index (χ1) is 7.82. The first-order valence-corrected chi connectivity index (χ1v) is 4.28. The zero-order valence-electron chi connectivity index (χ0n) is 8.28. The van der Waals surface area contributed by atoms with E-state index in [4.69, 9.17) is 15.3 Å². The van der Waals surface area contributed by atoms with Gasteiger partial charge in [0.15, 0.2) is 11.5 Å². The minimum atomic E-state index is -1.40. The van der Waals surface area contributed by atoms with Gasteiger partial charge in [0.25, 0.3) is 0 Å². The van der Waals surface area contributed by atoms with E-state index < -0.39 is 40.3 Å². The molecule has 0 heterocycles. The molecule has 17 heavy (non-hydrogen) atoms. The fourth-order valence-electron chi connectivity index (χ4n) is 1.14. The number of Topliss-reactive ketones (excluding diaryl/α,β-unsaturated/α-hetero) is 1. The van der Waals surface area contributed by atoms with Gasteiger partial charge in [0.05, 0.1) is 4.92 Å². The summed E-state index contributed by atoms with van der Waals surface area (Å²) in [6.45, 7) is 0. The molecular weight excluding hydrogens is 234 g/mol. The van der Waals surface area contributed by atoms with Gasteiger partial charge in [-0.05, 0) is 6.07 Å². The molecule has 8 nitrogen and oxygen atoms in total. The summed E-state index contributed by atoms with van der Waals surface area (Å²) in [4.78, 5) is 31.1. The van der Waals surface area contributed by atoms with Crippen molar-refractivity contribution in [1.29, 1.82) is 0 Å². The largest absolute Gasteiger partial charge is 0.504 e. The van der Waals surface area contributed by atoms with Crippen LogP contribution < -0.4 is 0 Å². The molecule has 0 spiro atoms. The van der Waals surface area contributed by atoms with Crippen molar-refractivity contribution in [3.8, 4) is 11.5 Å². The van der Waals surface area contributed by atoms with Crippen molar-refractivity contribution in [3.05, 3.63) is 27.8 Å². The van der Waals surface area contributed by atoms with Gasteiger partial charge in [-0.25, -0.2) is 0 Å². The van der Waals surface area contributed by atoms with E-state index in [1.165, 1.54) is 0 Å². The Hall–Kier alpha value is -2.64. The number of carboxylic acids is 1. The monoisotopic (exact) mass is 241 g/mol. The summed E-state index contributed by atoms with van der Waals surface area (Å²) in [6, 6.07) is 1.48. The van der Waals surface area contributed by atoms with Gasteiger partial charge in [-0.2, -0.15) is 0 Å². The Morgan fingerprint density at radius 1 is 1.29 bits per heavy atom. The third kappa shape index (κ3) is 2.68. The maximum atomic E-state index is 11.3. The van der Waals surface area contributed by atoms with E-state index in [1.807, 2.05) is 0 Å². The third-order valence-corrected chi connectivity index (χ3v) is 1.90. The molecule has 0 aromatic heterocycles. The SMILES string of the molecule is O=C(O)CC(=O)c1cc(O)c(O)c([N+](=O)[O-])c1. The van der Waals surface area contributed by atoms with Crippen LogP contribution in [0.5, 0.6) is 11.5 Å². The fraction of sp³-hybridized carbons (Fsp3) is 0.111. The van der Waals surface area contributed by atoms with Gasteiger partial charge >= 0.3 is 11.7 Å². The molecule has 1 rings (SSSR count). The minimum Gasteiger partial charge on any atom is -0.504 e. The summed E-state index contributed by atoms with van der Waals surface area (Å²) >= 11 is 0. The number of benzene rings is 1. The van der Waals surface area contributed by atoms with Gasteiger partial charge in [0, 0.05) is 11.6 Å². The summed E-state index contributed by atoms with van der Waals surface area (Å²) in [5, 5.41) is 37.2. The first kappa shape index (κ1) is 12.4. The molecule has 0 aliphatic heterocycles. The number of hydrogen-bond acceptors (Lipinski definition) is 6. The Morgan fingerprint density at radius 2 is 1.88 bits per heavy atom. The lowest BCUT2D eigenvalue weighted by Crippen LogP contribution is -2.07. The van der Waals surface area contributed by atoms with Gasteiger partial charge in [0.2, 0.25) is 5.75 Å². The summed E-state index contributed by atoms with van der Waals surface area (Å²) in [5.74, 6) is -4.13. The van der Waals surface area contributed by atoms with Crippen molar-refractivity contribution in [2.75, 3.05) is 0 Å². The number of carbonyl (C=O) groups is 2. The van der Waals surface area contributed by atoms with Gasteiger partial charge in [0.1, 0.15) is 6.42 Å². The zero-order valence-corrected chi connectivity index (χ0v) is 8.28. The summed E-state index contributed by atoms with van der Waals surface area (Å²) < 4.78 is 0. The number of rotatable bonds is 4. The number of phenols is 2. The third-order valence-electron chi connectivity index (χ3n) is 1.90. The molecule has 0 saturated heterocycles. The fourth-order valence-corrected chi connectivity index (χ4v) is 1.14. The van der Waals surface area contributed by atoms with Crippen molar-refractivity contribution >= 4 is 17.4 Å². The summed E-state index contributed by atoms with van der Waals surface area (Å²) in [7, 11) is 0. The first-order valence-electron chi connectivity index (χ1n) is 4.28. The Balaban J connectivity index is 3.23. The Bertz CT molecular complexity index is 508. The Kier molecular flexibility index (Phi) is 3.27. The number of carbonyl (C=O) groups excluding carboxylic acids is 1. The van der Waals surface area contributed by atoms with Crippen LogP contribution >= 0.6 is 0 Å². The topological polar surface area (TPSA) is 138 Å². The van der Waals surface area contributed by atoms with E-state index in [2.05, 4.69) is 0 Å². The van der Waals surface area contributed by atoms with Crippen LogP contribution in [0.3, 0.4) is 0 Å². The lowest BCUT2D eigenvalue weighted by Gasteiger charge is -2.02. The molecule has 1 aromatic carbocycles. The molecule has 0 amide bonds. The van der Waals surface area contributed by atoms with Crippen molar-refractivity contribution in [1.82, 2.24) is 0 Å². The van der Waals surface area contributed by atoms with Gasteiger partial charge in [-0.15, -0.1) is 0 Å². The van der Waals surface area contributed by atoms with Crippen molar-refractivity contribution in [2.24, 2.45) is 0 Å². The predicted octanol–water partition coefficient (Wildman–Crippen LogP) is 0.663. The Labute approximate surface area is 93.9 Å². The van der Waals surface area contributed by atoms with Crippen molar-refractivity contribution in [3.63, 3.8) is 0 Å². The predicted molar refractivity (Wildman–Crippen MR) is 53.0 cm³/mol. The number of aromatic hydroxyl groups is 2. The lowest BCUT2D eigenvalue weighted by molar-refractivity contribution is -0.386. The van der Waals surface area contributed by atoms with E-state index in [0.29, 0.717) is 6.07 Å². The molecule has 0 saturated carbocycles. The highest BCUT2D eigenvalue weighted by Crippen LogP contribution is 2.36. The lowest BCUT2D eigenvalue weighted by atomic mass is 10.1. The summed E-state index contributed by atoms with van der Waals surface area (Å²) in [6.07, 6.45) is -0.860. The average Bonchev–Trinajstić information content (AvgIpc) is 2.20. The van der Waals surface area contributed by atoms with E-state index in [1.54, 1.807) is 0 Å². The number of phenolic OH excluding ortho intramolecular Hbond substituents is 2. The second kappa shape index (κ2) is 4.47. The quantitative estimate of drug-likeness (QED) is 0.231. The molecule has 0 unspecified atom stereocenters. The maximum absolute atomic E-state index is 11.3. The van der Waals surface area contributed by atoms with Crippen LogP contribution in [0.15, 0.2) is 12.1 Å². The van der Waals surface area contributed by atoms with Crippen LogP contribution in [0.1, 0.15) is 16.8 Å².